The third kappa shape index (κ3) is 3.40. The van der Waals surface area contributed by atoms with Gasteiger partial charge < -0.3 is 5.32 Å². The lowest BCUT2D eigenvalue weighted by atomic mass is 9.98. The van der Waals surface area contributed by atoms with E-state index in [0.29, 0.717) is 6.54 Å². The zero-order valence-electron chi connectivity index (χ0n) is 10.8. The third-order valence-corrected chi connectivity index (χ3v) is 5.38. The summed E-state index contributed by atoms with van der Waals surface area (Å²) in [5.41, 5.74) is 1.04. The Hall–Kier alpha value is -0.720. The summed E-state index contributed by atoms with van der Waals surface area (Å²) in [6, 6.07) is -0.0882. The molecule has 0 aromatic carbocycles. The van der Waals surface area contributed by atoms with Gasteiger partial charge in [-0.2, -0.15) is 0 Å². The molecular weight excluding hydrogens is 268 g/mol. The summed E-state index contributed by atoms with van der Waals surface area (Å²) in [6.07, 6.45) is 1.70. The van der Waals surface area contributed by atoms with Crippen molar-refractivity contribution in [3.8, 4) is 0 Å². The first kappa shape index (κ1) is 13.7. The summed E-state index contributed by atoms with van der Waals surface area (Å²) in [5, 5.41) is 7.61. The van der Waals surface area contributed by atoms with Crippen molar-refractivity contribution in [1.29, 1.82) is 0 Å². The van der Waals surface area contributed by atoms with Crippen molar-refractivity contribution in [2.45, 2.75) is 38.8 Å². The van der Waals surface area contributed by atoms with Crippen molar-refractivity contribution in [3.05, 3.63) is 27.6 Å². The maximum absolute atomic E-state index is 11.2. The van der Waals surface area contributed by atoms with Gasteiger partial charge in [0.2, 0.25) is 0 Å². The van der Waals surface area contributed by atoms with Crippen LogP contribution in [-0.4, -0.2) is 25.2 Å². The van der Waals surface area contributed by atoms with Crippen LogP contribution in [0.15, 0.2) is 16.9 Å². The minimum Gasteiger partial charge on any atom is -0.304 e. The highest BCUT2D eigenvalue weighted by Gasteiger charge is 2.22. The number of sulfone groups is 1. The van der Waals surface area contributed by atoms with Crippen LogP contribution in [0.25, 0.3) is 0 Å². The third-order valence-electron chi connectivity index (χ3n) is 2.67. The Balaban J connectivity index is 1.92. The van der Waals surface area contributed by atoms with Gasteiger partial charge in [-0.15, -0.1) is 11.3 Å². The molecule has 6 heteroatoms. The fourth-order valence-corrected chi connectivity index (χ4v) is 3.85. The van der Waals surface area contributed by atoms with Gasteiger partial charge in [-0.05, 0) is 0 Å². The molecule has 0 amide bonds. The summed E-state index contributed by atoms with van der Waals surface area (Å²) in [4.78, 5) is 4.56. The van der Waals surface area contributed by atoms with E-state index < -0.39 is 9.84 Å². The first-order valence-electron chi connectivity index (χ1n) is 5.85. The fraction of sp³-hybridized carbons (Fsp3) is 0.583. The number of nitrogens with zero attached hydrogens (tertiary/aromatic N) is 1. The molecule has 0 saturated carbocycles. The molecule has 2 rings (SSSR count). The molecule has 0 spiro atoms. The Morgan fingerprint density at radius 3 is 2.72 bits per heavy atom. The predicted molar refractivity (Wildman–Crippen MR) is 74.4 cm³/mol. The maximum Gasteiger partial charge on any atom is 0.173 e. The molecule has 1 N–H and O–H groups in total. The molecule has 2 heterocycles. The number of hydrogen-bond donors (Lipinski definition) is 1. The second-order valence-electron chi connectivity index (χ2n) is 5.54. The second kappa shape index (κ2) is 4.75. The zero-order chi connectivity index (χ0) is 13.4. The van der Waals surface area contributed by atoms with Crippen LogP contribution in [0.5, 0.6) is 0 Å². The number of hydrogen-bond acceptors (Lipinski definition) is 5. The Labute approximate surface area is 112 Å². The molecule has 0 fully saturated rings. The summed E-state index contributed by atoms with van der Waals surface area (Å²) >= 11 is 1.65. The van der Waals surface area contributed by atoms with Crippen molar-refractivity contribution in [2.24, 2.45) is 0 Å². The average Bonchev–Trinajstić information content (AvgIpc) is 2.80. The van der Waals surface area contributed by atoms with Gasteiger partial charge in [-0.1, -0.05) is 26.8 Å². The second-order valence-corrected chi connectivity index (χ2v) is 8.33. The van der Waals surface area contributed by atoms with E-state index >= 15 is 0 Å². The molecule has 0 saturated heterocycles. The lowest BCUT2D eigenvalue weighted by molar-refractivity contribution is 0.573. The molecule has 0 bridgehead atoms. The first-order valence-corrected chi connectivity index (χ1v) is 8.45. The van der Waals surface area contributed by atoms with Crippen LogP contribution in [0, 0.1) is 0 Å². The van der Waals surface area contributed by atoms with E-state index in [-0.39, 0.29) is 17.2 Å². The number of aromatic nitrogens is 1. The zero-order valence-corrected chi connectivity index (χ0v) is 12.4. The molecule has 1 unspecified atom stereocenters. The van der Waals surface area contributed by atoms with E-state index in [0.717, 1.165) is 10.7 Å². The highest BCUT2D eigenvalue weighted by atomic mass is 32.2. The highest BCUT2D eigenvalue weighted by Crippen LogP contribution is 2.25. The molecule has 1 aromatic rings. The van der Waals surface area contributed by atoms with Gasteiger partial charge in [0.15, 0.2) is 9.84 Å². The van der Waals surface area contributed by atoms with E-state index in [1.54, 1.807) is 17.4 Å². The lowest BCUT2D eigenvalue weighted by Crippen LogP contribution is -2.29. The van der Waals surface area contributed by atoms with Crippen molar-refractivity contribution in [2.75, 3.05) is 5.75 Å². The molecule has 1 aliphatic heterocycles. The number of thiazole rings is 1. The molecule has 4 nitrogen and oxygen atoms in total. The normalized spacial score (nSPS) is 22.5. The summed E-state index contributed by atoms with van der Waals surface area (Å²) in [7, 11) is -2.98. The Morgan fingerprint density at radius 2 is 2.22 bits per heavy atom. The van der Waals surface area contributed by atoms with Gasteiger partial charge in [0, 0.05) is 28.8 Å². The minimum absolute atomic E-state index is 0.0690. The fourth-order valence-electron chi connectivity index (χ4n) is 1.67. The van der Waals surface area contributed by atoms with Gasteiger partial charge in [-0.25, -0.2) is 13.4 Å². The predicted octanol–water partition coefficient (Wildman–Crippen LogP) is 1.84. The molecular formula is C12H18N2O2S2. The van der Waals surface area contributed by atoms with Crippen LogP contribution in [0.4, 0.5) is 0 Å². The molecule has 0 aliphatic carbocycles. The summed E-state index contributed by atoms with van der Waals surface area (Å²) in [6.45, 7) is 7.01. The first-order chi connectivity index (χ1) is 8.26. The Morgan fingerprint density at radius 1 is 1.50 bits per heavy atom. The molecule has 100 valence electrons. The van der Waals surface area contributed by atoms with E-state index in [9.17, 15) is 8.42 Å². The van der Waals surface area contributed by atoms with E-state index in [2.05, 4.69) is 31.1 Å². The molecule has 1 aliphatic rings. The van der Waals surface area contributed by atoms with Crippen molar-refractivity contribution >= 4 is 21.2 Å². The molecule has 0 radical (unpaired) electrons. The molecule has 1 aromatic heterocycles. The average molecular weight is 286 g/mol. The summed E-state index contributed by atoms with van der Waals surface area (Å²) < 4.78 is 22.5. The Bertz CT molecular complexity index is 553. The van der Waals surface area contributed by atoms with Gasteiger partial charge in [-0.3, -0.25) is 0 Å². The van der Waals surface area contributed by atoms with Crippen molar-refractivity contribution in [1.82, 2.24) is 10.3 Å². The van der Waals surface area contributed by atoms with Crippen LogP contribution in [0.3, 0.4) is 0 Å². The smallest absolute Gasteiger partial charge is 0.173 e. The van der Waals surface area contributed by atoms with Gasteiger partial charge in [0.25, 0.3) is 0 Å². The monoisotopic (exact) mass is 286 g/mol. The highest BCUT2D eigenvalue weighted by molar-refractivity contribution is 7.94. The van der Waals surface area contributed by atoms with E-state index in [1.807, 2.05) is 5.38 Å². The van der Waals surface area contributed by atoms with Crippen molar-refractivity contribution < 1.29 is 8.42 Å². The van der Waals surface area contributed by atoms with Crippen molar-refractivity contribution in [3.63, 3.8) is 0 Å². The lowest BCUT2D eigenvalue weighted by Gasteiger charge is -2.13. The van der Waals surface area contributed by atoms with Gasteiger partial charge in [0.1, 0.15) is 0 Å². The molecule has 18 heavy (non-hydrogen) atoms. The number of rotatable bonds is 3. The van der Waals surface area contributed by atoms with Crippen LogP contribution in [0.1, 0.15) is 31.5 Å². The van der Waals surface area contributed by atoms with Crippen LogP contribution in [0.2, 0.25) is 0 Å². The SMILES string of the molecule is CC(C)(C)c1nc(CNC2C=CS(=O)(=O)C2)cs1. The topological polar surface area (TPSA) is 59.1 Å². The molecule has 1 atom stereocenters. The van der Waals surface area contributed by atoms with Crippen LogP contribution >= 0.6 is 11.3 Å². The van der Waals surface area contributed by atoms with Gasteiger partial charge in [0.05, 0.1) is 16.5 Å². The minimum atomic E-state index is -2.98. The van der Waals surface area contributed by atoms with Crippen LogP contribution in [-0.2, 0) is 21.8 Å². The summed E-state index contributed by atoms with van der Waals surface area (Å²) in [5.74, 6) is 0.156. The van der Waals surface area contributed by atoms with Gasteiger partial charge >= 0.3 is 0 Å². The maximum atomic E-state index is 11.2. The number of nitrogens with one attached hydrogen (secondary N) is 1. The standard InChI is InChI=1S/C12H18N2O2S2/c1-12(2,3)11-14-10(7-17-11)6-13-9-4-5-18(15,16)8-9/h4-5,7,9,13H,6,8H2,1-3H3. The Kier molecular flexibility index (Phi) is 3.62. The van der Waals surface area contributed by atoms with Crippen LogP contribution < -0.4 is 5.32 Å². The van der Waals surface area contributed by atoms with E-state index in [4.69, 9.17) is 0 Å². The van der Waals surface area contributed by atoms with E-state index in [1.165, 1.54) is 5.41 Å². The quantitative estimate of drug-likeness (QED) is 0.921. The largest absolute Gasteiger partial charge is 0.304 e.